The second-order valence-electron chi connectivity index (χ2n) is 4.96. The molecule has 3 rings (SSSR count). The zero-order valence-electron chi connectivity index (χ0n) is 11.8. The minimum Gasteiger partial charge on any atom is -0.486 e. The van der Waals surface area contributed by atoms with E-state index in [1.807, 2.05) is 30.5 Å². The maximum atomic E-state index is 5.64. The van der Waals surface area contributed by atoms with Crippen molar-refractivity contribution in [1.82, 2.24) is 10.3 Å². The highest BCUT2D eigenvalue weighted by atomic mass is 79.9. The van der Waals surface area contributed by atoms with Crippen molar-refractivity contribution < 1.29 is 9.47 Å². The molecular weight excluding hydrogens is 332 g/mol. The van der Waals surface area contributed by atoms with E-state index in [-0.39, 0.29) is 6.04 Å². The number of hydrogen-bond donors (Lipinski definition) is 1. The van der Waals surface area contributed by atoms with Crippen molar-refractivity contribution in [3.63, 3.8) is 0 Å². The van der Waals surface area contributed by atoms with Gasteiger partial charge in [0.05, 0.1) is 10.2 Å². The predicted molar refractivity (Wildman–Crippen MR) is 84.6 cm³/mol. The lowest BCUT2D eigenvalue weighted by Crippen LogP contribution is -2.20. The number of halogens is 1. The first-order valence-electron chi connectivity index (χ1n) is 6.96. The summed E-state index contributed by atoms with van der Waals surface area (Å²) < 4.78 is 12.2. The Morgan fingerprint density at radius 2 is 2.14 bits per heavy atom. The van der Waals surface area contributed by atoms with Gasteiger partial charge in [-0.1, -0.05) is 6.07 Å². The van der Waals surface area contributed by atoms with Crippen LogP contribution in [0, 0.1) is 0 Å². The van der Waals surface area contributed by atoms with E-state index in [0.29, 0.717) is 13.2 Å². The number of pyridine rings is 1. The quantitative estimate of drug-likeness (QED) is 0.918. The van der Waals surface area contributed by atoms with E-state index in [1.165, 1.54) is 0 Å². The summed E-state index contributed by atoms with van der Waals surface area (Å²) in [6.45, 7) is 4.04. The number of aromatic nitrogens is 1. The zero-order valence-corrected chi connectivity index (χ0v) is 13.4. The van der Waals surface area contributed by atoms with Crippen LogP contribution in [-0.4, -0.2) is 18.2 Å². The summed E-state index contributed by atoms with van der Waals surface area (Å²) in [6.07, 6.45) is 1.81. The Bertz CT molecular complexity index is 619. The molecule has 1 aromatic heterocycles. The maximum Gasteiger partial charge on any atom is 0.175 e. The van der Waals surface area contributed by atoms with Gasteiger partial charge in [0, 0.05) is 18.8 Å². The third-order valence-corrected chi connectivity index (χ3v) is 3.99. The molecule has 1 aliphatic heterocycles. The van der Waals surface area contributed by atoms with Crippen LogP contribution < -0.4 is 14.8 Å². The fourth-order valence-corrected chi connectivity index (χ4v) is 2.88. The van der Waals surface area contributed by atoms with Crippen LogP contribution in [0.4, 0.5) is 0 Å². The Balaban J connectivity index is 1.69. The van der Waals surface area contributed by atoms with E-state index in [4.69, 9.17) is 9.47 Å². The highest BCUT2D eigenvalue weighted by Crippen LogP contribution is 2.38. The van der Waals surface area contributed by atoms with Gasteiger partial charge in [-0.3, -0.25) is 4.98 Å². The Labute approximate surface area is 132 Å². The van der Waals surface area contributed by atoms with Crippen LogP contribution in [0.1, 0.15) is 24.2 Å². The molecule has 21 heavy (non-hydrogen) atoms. The largest absolute Gasteiger partial charge is 0.486 e. The van der Waals surface area contributed by atoms with Gasteiger partial charge < -0.3 is 14.8 Å². The molecule has 2 aromatic rings. The number of rotatable bonds is 4. The average Bonchev–Trinajstić information content (AvgIpc) is 2.53. The van der Waals surface area contributed by atoms with Crippen LogP contribution in [0.2, 0.25) is 0 Å². The van der Waals surface area contributed by atoms with Gasteiger partial charge in [0.15, 0.2) is 11.5 Å². The molecule has 1 aliphatic rings. The number of ether oxygens (including phenoxy) is 2. The number of hydrogen-bond acceptors (Lipinski definition) is 4. The van der Waals surface area contributed by atoms with Gasteiger partial charge in [-0.2, -0.15) is 0 Å². The van der Waals surface area contributed by atoms with E-state index in [2.05, 4.69) is 39.2 Å². The first-order valence-corrected chi connectivity index (χ1v) is 7.75. The molecule has 0 unspecified atom stereocenters. The molecule has 110 valence electrons. The molecule has 0 saturated heterocycles. The van der Waals surface area contributed by atoms with Gasteiger partial charge in [-0.15, -0.1) is 0 Å². The summed E-state index contributed by atoms with van der Waals surface area (Å²) in [6, 6.07) is 10.2. The highest BCUT2D eigenvalue weighted by molar-refractivity contribution is 9.10. The number of fused-ring (bicyclic) bond motifs is 1. The molecule has 1 atom stereocenters. The van der Waals surface area contributed by atoms with Gasteiger partial charge in [-0.05, 0) is 52.7 Å². The zero-order chi connectivity index (χ0) is 14.7. The van der Waals surface area contributed by atoms with E-state index >= 15 is 0 Å². The average molecular weight is 349 g/mol. The SMILES string of the molecule is C[C@@H](NCc1cc(Br)c2c(c1)OCCO2)c1ccccn1. The van der Waals surface area contributed by atoms with Crippen LogP contribution >= 0.6 is 15.9 Å². The Kier molecular flexibility index (Phi) is 4.41. The standard InChI is InChI=1S/C16H17BrN2O2/c1-11(14-4-2-3-5-18-14)19-10-12-8-13(17)16-15(9-12)20-6-7-21-16/h2-5,8-9,11,19H,6-7,10H2,1H3/t11-/m1/s1. The molecule has 0 bridgehead atoms. The molecule has 0 radical (unpaired) electrons. The molecule has 0 amide bonds. The van der Waals surface area contributed by atoms with Crippen molar-refractivity contribution in [1.29, 1.82) is 0 Å². The summed E-state index contributed by atoms with van der Waals surface area (Å²) in [7, 11) is 0. The molecule has 2 heterocycles. The minimum absolute atomic E-state index is 0.193. The van der Waals surface area contributed by atoms with Crippen molar-refractivity contribution in [2.75, 3.05) is 13.2 Å². The van der Waals surface area contributed by atoms with Crippen molar-refractivity contribution >= 4 is 15.9 Å². The van der Waals surface area contributed by atoms with Gasteiger partial charge in [0.2, 0.25) is 0 Å². The first-order chi connectivity index (χ1) is 10.2. The third-order valence-electron chi connectivity index (χ3n) is 3.40. The van der Waals surface area contributed by atoms with Gasteiger partial charge in [0.25, 0.3) is 0 Å². The Morgan fingerprint density at radius 1 is 1.29 bits per heavy atom. The summed E-state index contributed by atoms with van der Waals surface area (Å²) in [4.78, 5) is 4.36. The lowest BCUT2D eigenvalue weighted by atomic mass is 10.1. The molecular formula is C16H17BrN2O2. The van der Waals surface area contributed by atoms with Crippen molar-refractivity contribution in [2.45, 2.75) is 19.5 Å². The molecule has 0 spiro atoms. The smallest absolute Gasteiger partial charge is 0.175 e. The summed E-state index contributed by atoms with van der Waals surface area (Å²) in [5.41, 5.74) is 2.18. The second-order valence-corrected chi connectivity index (χ2v) is 5.81. The molecule has 1 N–H and O–H groups in total. The molecule has 1 aromatic carbocycles. The van der Waals surface area contributed by atoms with Crippen molar-refractivity contribution in [3.05, 3.63) is 52.3 Å². The molecule has 4 nitrogen and oxygen atoms in total. The summed E-state index contributed by atoms with van der Waals surface area (Å²) in [5.74, 6) is 1.60. The lowest BCUT2D eigenvalue weighted by Gasteiger charge is -2.21. The molecule has 5 heteroatoms. The maximum absolute atomic E-state index is 5.64. The van der Waals surface area contributed by atoms with E-state index in [0.717, 1.165) is 33.8 Å². The van der Waals surface area contributed by atoms with E-state index < -0.39 is 0 Å². The van der Waals surface area contributed by atoms with Crippen LogP contribution in [-0.2, 0) is 6.54 Å². The molecule has 0 saturated carbocycles. The van der Waals surface area contributed by atoms with E-state index in [9.17, 15) is 0 Å². The summed E-state index contributed by atoms with van der Waals surface area (Å²) in [5, 5.41) is 3.47. The van der Waals surface area contributed by atoms with Crippen LogP contribution in [0.5, 0.6) is 11.5 Å². The van der Waals surface area contributed by atoms with Gasteiger partial charge in [-0.25, -0.2) is 0 Å². The second kappa shape index (κ2) is 6.45. The monoisotopic (exact) mass is 348 g/mol. The Morgan fingerprint density at radius 3 is 2.95 bits per heavy atom. The van der Waals surface area contributed by atoms with Crippen LogP contribution in [0.25, 0.3) is 0 Å². The molecule has 0 fully saturated rings. The predicted octanol–water partition coefficient (Wildman–Crippen LogP) is 3.47. The Hall–Kier alpha value is -1.59. The lowest BCUT2D eigenvalue weighted by molar-refractivity contribution is 0.170. The van der Waals surface area contributed by atoms with Crippen LogP contribution in [0.3, 0.4) is 0 Å². The highest BCUT2D eigenvalue weighted by Gasteiger charge is 2.16. The van der Waals surface area contributed by atoms with Crippen molar-refractivity contribution in [3.8, 4) is 11.5 Å². The molecule has 0 aliphatic carbocycles. The minimum atomic E-state index is 0.193. The van der Waals surface area contributed by atoms with Gasteiger partial charge >= 0.3 is 0 Å². The van der Waals surface area contributed by atoms with Crippen molar-refractivity contribution in [2.24, 2.45) is 0 Å². The number of nitrogens with one attached hydrogen (secondary N) is 1. The number of benzene rings is 1. The summed E-state index contributed by atoms with van der Waals surface area (Å²) >= 11 is 3.54. The third kappa shape index (κ3) is 3.36. The van der Waals surface area contributed by atoms with Crippen LogP contribution in [0.15, 0.2) is 41.0 Å². The number of nitrogens with zero attached hydrogens (tertiary/aromatic N) is 1. The van der Waals surface area contributed by atoms with E-state index in [1.54, 1.807) is 0 Å². The fourth-order valence-electron chi connectivity index (χ4n) is 2.27. The normalized spacial score (nSPS) is 14.8. The topological polar surface area (TPSA) is 43.4 Å². The first kappa shape index (κ1) is 14.4. The fraction of sp³-hybridized carbons (Fsp3) is 0.312. The van der Waals surface area contributed by atoms with Gasteiger partial charge in [0.1, 0.15) is 13.2 Å².